The minimum absolute atomic E-state index is 0.108. The highest BCUT2D eigenvalue weighted by Gasteiger charge is 2.30. The molecule has 2 aromatic carbocycles. The molecule has 0 bridgehead atoms. The van der Waals surface area contributed by atoms with E-state index in [2.05, 4.69) is 46.5 Å². The number of benzene rings is 2. The minimum Gasteiger partial charge on any atom is -0.326 e. The van der Waals surface area contributed by atoms with E-state index in [0.717, 1.165) is 32.6 Å². The molecule has 152 valence electrons. The Morgan fingerprint density at radius 3 is 2.63 bits per heavy atom. The molecule has 30 heavy (non-hydrogen) atoms. The number of carbonyl (C=O) groups excluding carboxylic acids is 2. The number of carbonyl (C=O) groups is 2. The summed E-state index contributed by atoms with van der Waals surface area (Å²) < 4.78 is 0. The van der Waals surface area contributed by atoms with Gasteiger partial charge in [-0.15, -0.1) is 11.3 Å². The van der Waals surface area contributed by atoms with E-state index in [1.165, 1.54) is 17.3 Å². The molecule has 0 aliphatic carbocycles. The molecule has 0 saturated heterocycles. The predicted molar refractivity (Wildman–Crippen MR) is 124 cm³/mol. The van der Waals surface area contributed by atoms with Gasteiger partial charge in [-0.25, -0.2) is 9.98 Å². The van der Waals surface area contributed by atoms with Gasteiger partial charge in [0.05, 0.1) is 15.7 Å². The van der Waals surface area contributed by atoms with Crippen LogP contribution in [0.1, 0.15) is 22.6 Å². The lowest BCUT2D eigenvalue weighted by molar-refractivity contribution is -0.121. The SMILES string of the molecule is Cc1ccc(-c2csc(CC3=NC(=O)[C@H](CC(=O)Nc4ccccc4C)S3)n2)cc1. The molecule has 1 atom stereocenters. The van der Waals surface area contributed by atoms with E-state index in [1.54, 1.807) is 11.3 Å². The molecule has 1 aliphatic heterocycles. The lowest BCUT2D eigenvalue weighted by Crippen LogP contribution is -2.21. The maximum Gasteiger partial charge on any atom is 0.260 e. The maximum absolute atomic E-state index is 12.4. The van der Waals surface area contributed by atoms with Gasteiger partial charge >= 0.3 is 0 Å². The van der Waals surface area contributed by atoms with Gasteiger partial charge in [-0.1, -0.05) is 59.8 Å². The fraction of sp³-hybridized carbons (Fsp3) is 0.217. The van der Waals surface area contributed by atoms with Crippen LogP contribution in [0.25, 0.3) is 11.3 Å². The molecule has 2 amide bonds. The zero-order valence-electron chi connectivity index (χ0n) is 16.7. The quantitative estimate of drug-likeness (QED) is 0.589. The van der Waals surface area contributed by atoms with Gasteiger partial charge in [-0.3, -0.25) is 9.59 Å². The van der Waals surface area contributed by atoms with Gasteiger partial charge in [0.15, 0.2) is 0 Å². The number of thioether (sulfide) groups is 1. The molecule has 5 nitrogen and oxygen atoms in total. The van der Waals surface area contributed by atoms with E-state index in [1.807, 2.05) is 36.6 Å². The smallest absolute Gasteiger partial charge is 0.260 e. The van der Waals surface area contributed by atoms with E-state index in [-0.39, 0.29) is 18.2 Å². The molecule has 0 spiro atoms. The standard InChI is InChI=1S/C23H21N3O2S2/c1-14-7-9-16(10-8-14)18-13-29-21(25-18)12-22-26-23(28)19(30-22)11-20(27)24-17-6-4-3-5-15(17)2/h3-10,13,19H,11-12H2,1-2H3,(H,24,27)/t19-/m0/s1. The molecule has 4 rings (SSSR count). The Hall–Kier alpha value is -2.77. The highest BCUT2D eigenvalue weighted by Crippen LogP contribution is 2.30. The van der Waals surface area contributed by atoms with Crippen molar-refractivity contribution in [3.63, 3.8) is 0 Å². The number of para-hydroxylation sites is 1. The number of thiazole rings is 1. The molecule has 7 heteroatoms. The van der Waals surface area contributed by atoms with Gasteiger partial charge in [0.2, 0.25) is 5.91 Å². The monoisotopic (exact) mass is 435 g/mol. The van der Waals surface area contributed by atoms with Crippen LogP contribution in [0.15, 0.2) is 58.9 Å². The van der Waals surface area contributed by atoms with E-state index in [0.29, 0.717) is 6.42 Å². The van der Waals surface area contributed by atoms with Crippen LogP contribution in [0.5, 0.6) is 0 Å². The van der Waals surface area contributed by atoms with Crippen molar-refractivity contribution in [2.45, 2.75) is 31.9 Å². The highest BCUT2D eigenvalue weighted by molar-refractivity contribution is 8.15. The summed E-state index contributed by atoms with van der Waals surface area (Å²) in [6.45, 7) is 3.99. The third-order valence-electron chi connectivity index (χ3n) is 4.78. The van der Waals surface area contributed by atoms with Gasteiger partial charge < -0.3 is 5.32 Å². The van der Waals surface area contributed by atoms with Crippen LogP contribution in [0.2, 0.25) is 0 Å². The van der Waals surface area contributed by atoms with Gasteiger partial charge in [-0.05, 0) is 25.5 Å². The number of aliphatic imine (C=N–C) groups is 1. The third kappa shape index (κ3) is 4.86. The number of aryl methyl sites for hydroxylation is 2. The topological polar surface area (TPSA) is 71.4 Å². The molecule has 0 fully saturated rings. The molecular formula is C23H21N3O2S2. The Morgan fingerprint density at radius 1 is 1.10 bits per heavy atom. The number of rotatable bonds is 6. The number of amides is 2. The van der Waals surface area contributed by atoms with E-state index in [4.69, 9.17) is 0 Å². The second-order valence-corrected chi connectivity index (χ2v) is 9.41. The summed E-state index contributed by atoms with van der Waals surface area (Å²) in [5, 5.41) is 6.07. The van der Waals surface area contributed by atoms with Crippen molar-refractivity contribution in [1.82, 2.24) is 4.98 Å². The summed E-state index contributed by atoms with van der Waals surface area (Å²) in [5.74, 6) is -0.423. The van der Waals surface area contributed by atoms with Crippen molar-refractivity contribution in [2.75, 3.05) is 5.32 Å². The average molecular weight is 436 g/mol. The van der Waals surface area contributed by atoms with Crippen LogP contribution >= 0.6 is 23.1 Å². The number of anilines is 1. The molecule has 1 aliphatic rings. The summed E-state index contributed by atoms with van der Waals surface area (Å²) in [4.78, 5) is 33.5. The number of hydrogen-bond donors (Lipinski definition) is 1. The predicted octanol–water partition coefficient (Wildman–Crippen LogP) is 5.04. The van der Waals surface area contributed by atoms with Crippen LogP contribution < -0.4 is 5.32 Å². The summed E-state index contributed by atoms with van der Waals surface area (Å²) in [6, 6.07) is 15.8. The molecule has 0 saturated carbocycles. The first-order valence-corrected chi connectivity index (χ1v) is 11.4. The van der Waals surface area contributed by atoms with Crippen molar-refractivity contribution in [3.05, 3.63) is 70.0 Å². The first-order valence-electron chi connectivity index (χ1n) is 9.63. The summed E-state index contributed by atoms with van der Waals surface area (Å²) in [7, 11) is 0. The largest absolute Gasteiger partial charge is 0.326 e. The van der Waals surface area contributed by atoms with Gasteiger partial charge in [0, 0.05) is 29.5 Å². The Kier molecular flexibility index (Phi) is 6.11. The summed E-state index contributed by atoms with van der Waals surface area (Å²) in [5.41, 5.74) is 4.97. The van der Waals surface area contributed by atoms with Gasteiger partial charge in [0.1, 0.15) is 5.25 Å². The van der Waals surface area contributed by atoms with Crippen molar-refractivity contribution in [3.8, 4) is 11.3 Å². The average Bonchev–Trinajstić information content (AvgIpc) is 3.31. The normalized spacial score (nSPS) is 15.9. The highest BCUT2D eigenvalue weighted by atomic mass is 32.2. The summed E-state index contributed by atoms with van der Waals surface area (Å²) in [6.07, 6.45) is 0.625. The van der Waals surface area contributed by atoms with Crippen LogP contribution in [0.4, 0.5) is 5.69 Å². The van der Waals surface area contributed by atoms with Crippen molar-refractivity contribution >= 4 is 45.6 Å². The van der Waals surface area contributed by atoms with E-state index >= 15 is 0 Å². The minimum atomic E-state index is -0.472. The molecule has 1 aromatic heterocycles. The van der Waals surface area contributed by atoms with Crippen LogP contribution in [-0.4, -0.2) is 27.1 Å². The van der Waals surface area contributed by atoms with Crippen LogP contribution in [-0.2, 0) is 16.0 Å². The number of hydrogen-bond acceptors (Lipinski definition) is 5. The van der Waals surface area contributed by atoms with Crippen molar-refractivity contribution < 1.29 is 9.59 Å². The van der Waals surface area contributed by atoms with Crippen molar-refractivity contribution in [1.29, 1.82) is 0 Å². The number of nitrogens with zero attached hydrogens (tertiary/aromatic N) is 2. The summed E-state index contributed by atoms with van der Waals surface area (Å²) >= 11 is 2.93. The maximum atomic E-state index is 12.4. The lowest BCUT2D eigenvalue weighted by Gasteiger charge is -2.10. The number of aromatic nitrogens is 1. The van der Waals surface area contributed by atoms with E-state index < -0.39 is 5.25 Å². The second kappa shape index (κ2) is 8.93. The molecule has 0 radical (unpaired) electrons. The Morgan fingerprint density at radius 2 is 1.87 bits per heavy atom. The molecule has 1 N–H and O–H groups in total. The van der Waals surface area contributed by atoms with Crippen LogP contribution in [0, 0.1) is 13.8 Å². The van der Waals surface area contributed by atoms with E-state index in [9.17, 15) is 9.59 Å². The first kappa shape index (κ1) is 20.5. The third-order valence-corrected chi connectivity index (χ3v) is 6.79. The van der Waals surface area contributed by atoms with Gasteiger partial charge in [0.25, 0.3) is 5.91 Å². The Balaban J connectivity index is 1.34. The Labute approximate surface area is 183 Å². The molecule has 0 unspecified atom stereocenters. The fourth-order valence-electron chi connectivity index (χ4n) is 3.11. The first-order chi connectivity index (χ1) is 14.5. The molecular weight excluding hydrogens is 414 g/mol. The molecule has 3 aromatic rings. The van der Waals surface area contributed by atoms with Gasteiger partial charge in [-0.2, -0.15) is 0 Å². The zero-order valence-corrected chi connectivity index (χ0v) is 18.3. The molecule has 2 heterocycles. The van der Waals surface area contributed by atoms with Crippen LogP contribution in [0.3, 0.4) is 0 Å². The second-order valence-electron chi connectivity index (χ2n) is 7.19. The lowest BCUT2D eigenvalue weighted by atomic mass is 10.1. The Bertz CT molecular complexity index is 1120. The fourth-order valence-corrected chi connectivity index (χ4v) is 5.09. The van der Waals surface area contributed by atoms with Crippen molar-refractivity contribution in [2.24, 2.45) is 4.99 Å². The zero-order chi connectivity index (χ0) is 21.1. The number of nitrogens with one attached hydrogen (secondary N) is 1.